The van der Waals surface area contributed by atoms with Gasteiger partial charge in [0.25, 0.3) is 0 Å². The van der Waals surface area contributed by atoms with E-state index in [9.17, 15) is 5.11 Å². The second-order valence-corrected chi connectivity index (χ2v) is 4.17. The second-order valence-electron chi connectivity index (χ2n) is 4.17. The van der Waals surface area contributed by atoms with Gasteiger partial charge in [-0.25, -0.2) is 0 Å². The van der Waals surface area contributed by atoms with Crippen LogP contribution in [0.5, 0.6) is 0 Å². The van der Waals surface area contributed by atoms with Gasteiger partial charge in [0.15, 0.2) is 0 Å². The molecule has 1 aromatic heterocycles. The van der Waals surface area contributed by atoms with Gasteiger partial charge in [0, 0.05) is 24.8 Å². The molecule has 0 radical (unpaired) electrons. The number of likely N-dealkylation sites (tertiary alicyclic amines) is 1. The first-order chi connectivity index (χ1) is 6.75. The van der Waals surface area contributed by atoms with E-state index in [2.05, 4.69) is 22.0 Å². The van der Waals surface area contributed by atoms with Gasteiger partial charge in [-0.2, -0.15) is 5.10 Å². The quantitative estimate of drug-likeness (QED) is 0.727. The first-order valence-electron chi connectivity index (χ1n) is 5.14. The van der Waals surface area contributed by atoms with Crippen molar-refractivity contribution in [2.45, 2.75) is 26.0 Å². The largest absolute Gasteiger partial charge is 0.392 e. The highest BCUT2D eigenvalue weighted by molar-refractivity contribution is 5.02. The summed E-state index contributed by atoms with van der Waals surface area (Å²) < 4.78 is 0. The number of aliphatic hydroxyl groups excluding tert-OH is 1. The number of hydrogen-bond donors (Lipinski definition) is 2. The average molecular weight is 195 g/mol. The summed E-state index contributed by atoms with van der Waals surface area (Å²) in [5, 5.41) is 16.4. The maximum Gasteiger partial charge on any atom is 0.0693 e. The molecule has 0 bridgehead atoms. The molecule has 1 fully saturated rings. The molecular formula is C10H17N3O. The van der Waals surface area contributed by atoms with Gasteiger partial charge in [-0.05, 0) is 18.9 Å². The van der Waals surface area contributed by atoms with Gasteiger partial charge >= 0.3 is 0 Å². The molecule has 2 unspecified atom stereocenters. The highest BCUT2D eigenvalue weighted by Crippen LogP contribution is 2.18. The highest BCUT2D eigenvalue weighted by atomic mass is 16.3. The molecule has 1 saturated heterocycles. The zero-order chi connectivity index (χ0) is 9.97. The van der Waals surface area contributed by atoms with E-state index < -0.39 is 0 Å². The molecule has 0 spiro atoms. The summed E-state index contributed by atoms with van der Waals surface area (Å²) >= 11 is 0. The van der Waals surface area contributed by atoms with Crippen LogP contribution in [-0.4, -0.2) is 39.4 Å². The lowest BCUT2D eigenvalue weighted by Crippen LogP contribution is -2.42. The van der Waals surface area contributed by atoms with Crippen molar-refractivity contribution in [2.75, 3.05) is 13.1 Å². The van der Waals surface area contributed by atoms with Crippen molar-refractivity contribution >= 4 is 0 Å². The minimum absolute atomic E-state index is 0.171. The summed E-state index contributed by atoms with van der Waals surface area (Å²) in [7, 11) is 0. The van der Waals surface area contributed by atoms with Gasteiger partial charge in [-0.1, -0.05) is 6.92 Å². The summed E-state index contributed by atoms with van der Waals surface area (Å²) in [6.07, 6.45) is 4.66. The van der Waals surface area contributed by atoms with Gasteiger partial charge < -0.3 is 5.11 Å². The third-order valence-corrected chi connectivity index (χ3v) is 2.96. The molecule has 0 amide bonds. The predicted molar refractivity (Wildman–Crippen MR) is 53.7 cm³/mol. The van der Waals surface area contributed by atoms with Gasteiger partial charge in [-0.3, -0.25) is 10.00 Å². The Morgan fingerprint density at radius 2 is 2.57 bits per heavy atom. The molecule has 2 heterocycles. The molecule has 1 aliphatic heterocycles. The summed E-state index contributed by atoms with van der Waals surface area (Å²) in [6, 6.07) is 0. The van der Waals surface area contributed by atoms with Crippen molar-refractivity contribution in [1.29, 1.82) is 0 Å². The Balaban J connectivity index is 1.88. The minimum atomic E-state index is -0.171. The van der Waals surface area contributed by atoms with Crippen molar-refractivity contribution in [2.24, 2.45) is 5.92 Å². The number of hydrogen-bond acceptors (Lipinski definition) is 3. The number of rotatable bonds is 2. The second kappa shape index (κ2) is 4.11. The smallest absolute Gasteiger partial charge is 0.0693 e. The number of aromatic amines is 1. The third kappa shape index (κ3) is 2.13. The molecule has 2 N–H and O–H groups in total. The van der Waals surface area contributed by atoms with E-state index in [-0.39, 0.29) is 6.10 Å². The van der Waals surface area contributed by atoms with Crippen molar-refractivity contribution in [1.82, 2.24) is 15.1 Å². The Bertz CT molecular complexity index is 273. The molecule has 4 heteroatoms. The van der Waals surface area contributed by atoms with Gasteiger partial charge in [-0.15, -0.1) is 0 Å². The van der Waals surface area contributed by atoms with Crippen molar-refractivity contribution in [3.8, 4) is 0 Å². The van der Waals surface area contributed by atoms with E-state index in [1.165, 1.54) is 5.56 Å². The summed E-state index contributed by atoms with van der Waals surface area (Å²) in [4.78, 5) is 2.27. The number of nitrogens with one attached hydrogen (secondary N) is 1. The Morgan fingerprint density at radius 3 is 3.21 bits per heavy atom. The molecule has 1 aromatic rings. The number of piperidine rings is 1. The summed E-state index contributed by atoms with van der Waals surface area (Å²) in [5.74, 6) is 0.440. The molecule has 78 valence electrons. The van der Waals surface area contributed by atoms with E-state index in [0.29, 0.717) is 5.92 Å². The van der Waals surface area contributed by atoms with Crippen molar-refractivity contribution in [3.63, 3.8) is 0 Å². The lowest BCUT2D eigenvalue weighted by molar-refractivity contribution is 0.0259. The lowest BCUT2D eigenvalue weighted by Gasteiger charge is -2.33. The number of aromatic nitrogens is 2. The molecule has 2 rings (SSSR count). The summed E-state index contributed by atoms with van der Waals surface area (Å²) in [6.45, 7) is 4.86. The van der Waals surface area contributed by atoms with Crippen LogP contribution in [0.1, 0.15) is 18.9 Å². The Kier molecular flexibility index (Phi) is 2.84. The van der Waals surface area contributed by atoms with E-state index in [0.717, 1.165) is 26.1 Å². The number of nitrogens with zero attached hydrogens (tertiary/aromatic N) is 2. The first kappa shape index (κ1) is 9.68. The Labute approximate surface area is 83.9 Å². The maximum atomic E-state index is 9.71. The highest BCUT2D eigenvalue weighted by Gasteiger charge is 2.23. The van der Waals surface area contributed by atoms with Gasteiger partial charge in [0.2, 0.25) is 0 Å². The van der Waals surface area contributed by atoms with Crippen LogP contribution in [0.2, 0.25) is 0 Å². The third-order valence-electron chi connectivity index (χ3n) is 2.96. The lowest BCUT2D eigenvalue weighted by atomic mass is 9.96. The first-order valence-corrected chi connectivity index (χ1v) is 5.14. The molecule has 1 aliphatic rings. The molecule has 2 atom stereocenters. The van der Waals surface area contributed by atoms with Crippen LogP contribution < -0.4 is 0 Å². The van der Waals surface area contributed by atoms with Crippen molar-refractivity contribution < 1.29 is 5.11 Å². The topological polar surface area (TPSA) is 52.2 Å². The summed E-state index contributed by atoms with van der Waals surface area (Å²) in [5.41, 5.74) is 1.19. The zero-order valence-corrected chi connectivity index (χ0v) is 8.48. The molecule has 4 nitrogen and oxygen atoms in total. The van der Waals surface area contributed by atoms with Crippen LogP contribution in [0.3, 0.4) is 0 Å². The van der Waals surface area contributed by atoms with Crippen LogP contribution >= 0.6 is 0 Å². The molecule has 0 saturated carbocycles. The maximum absolute atomic E-state index is 9.71. The van der Waals surface area contributed by atoms with E-state index >= 15 is 0 Å². The number of H-pyrrole nitrogens is 1. The van der Waals surface area contributed by atoms with E-state index in [1.807, 2.05) is 12.4 Å². The Morgan fingerprint density at radius 1 is 1.71 bits per heavy atom. The van der Waals surface area contributed by atoms with E-state index in [1.54, 1.807) is 0 Å². The zero-order valence-electron chi connectivity index (χ0n) is 8.48. The van der Waals surface area contributed by atoms with Crippen LogP contribution in [-0.2, 0) is 6.54 Å². The molecule has 0 aliphatic carbocycles. The fourth-order valence-electron chi connectivity index (χ4n) is 1.88. The van der Waals surface area contributed by atoms with Gasteiger partial charge in [0.1, 0.15) is 0 Å². The normalized spacial score (nSPS) is 29.3. The van der Waals surface area contributed by atoms with Crippen LogP contribution in [0.15, 0.2) is 12.4 Å². The van der Waals surface area contributed by atoms with Crippen LogP contribution in [0.4, 0.5) is 0 Å². The fraction of sp³-hybridized carbons (Fsp3) is 0.700. The SMILES string of the molecule is CC1CCN(Cc2cn[nH]c2)CC1O. The van der Waals surface area contributed by atoms with Crippen LogP contribution in [0.25, 0.3) is 0 Å². The minimum Gasteiger partial charge on any atom is -0.392 e. The van der Waals surface area contributed by atoms with E-state index in [4.69, 9.17) is 0 Å². The fourth-order valence-corrected chi connectivity index (χ4v) is 1.88. The predicted octanol–water partition coefficient (Wildman–Crippen LogP) is 0.612. The standard InChI is InChI=1S/C10H17N3O/c1-8-2-3-13(7-10(8)14)6-9-4-11-12-5-9/h4-5,8,10,14H,2-3,6-7H2,1H3,(H,11,12). The van der Waals surface area contributed by atoms with Crippen LogP contribution in [0, 0.1) is 5.92 Å². The van der Waals surface area contributed by atoms with Gasteiger partial charge in [0.05, 0.1) is 12.3 Å². The molecule has 14 heavy (non-hydrogen) atoms. The molecular weight excluding hydrogens is 178 g/mol. The number of β-amino-alcohol motifs (C(OH)–C–C–N with tert-alkyl or cyclic N) is 1. The number of aliphatic hydroxyl groups is 1. The average Bonchev–Trinajstić information content (AvgIpc) is 2.64. The Hall–Kier alpha value is -0.870. The van der Waals surface area contributed by atoms with Crippen molar-refractivity contribution in [3.05, 3.63) is 18.0 Å². The monoisotopic (exact) mass is 195 g/mol. The molecule has 0 aromatic carbocycles.